The Labute approximate surface area is 58.9 Å². The van der Waals surface area contributed by atoms with E-state index in [-0.39, 0.29) is 6.42 Å². The average Bonchev–Trinajstić information content (AvgIpc) is 1.59. The Morgan fingerprint density at radius 3 is 2.50 bits per heavy atom. The normalized spacial score (nSPS) is 15.2. The lowest BCUT2D eigenvalue weighted by atomic mass is 10.3. The summed E-state index contributed by atoms with van der Waals surface area (Å²) in [7, 11) is -5.00. The standard InChI is InChI=1S/C4H11O5P/c1-2-3-4(5)9-10(6,7)8/h4-5H,2-3H2,1H3,(H2,6,7,8)/p-2. The number of phosphoric acid groups is 1. The lowest BCUT2D eigenvalue weighted by molar-refractivity contribution is -0.351. The number of hydrogen-bond acceptors (Lipinski definition) is 5. The molecular formula is C4H9O5P-2. The molecular weight excluding hydrogens is 159 g/mol. The molecule has 0 saturated carbocycles. The SMILES string of the molecule is CCCC(O)OP(=O)([O-])[O-]. The minimum atomic E-state index is -5.00. The van der Waals surface area contributed by atoms with Crippen LogP contribution in [0, 0.1) is 0 Å². The van der Waals surface area contributed by atoms with Crippen LogP contribution in [0.4, 0.5) is 0 Å². The van der Waals surface area contributed by atoms with Gasteiger partial charge in [0.2, 0.25) is 0 Å². The second kappa shape index (κ2) is 4.05. The van der Waals surface area contributed by atoms with Gasteiger partial charge in [-0.25, -0.2) is 0 Å². The van der Waals surface area contributed by atoms with Crippen LogP contribution < -0.4 is 9.79 Å². The van der Waals surface area contributed by atoms with Gasteiger partial charge in [0.25, 0.3) is 0 Å². The van der Waals surface area contributed by atoms with E-state index in [1.165, 1.54) is 0 Å². The summed E-state index contributed by atoms with van der Waals surface area (Å²) in [6.07, 6.45) is -0.777. The molecule has 1 unspecified atom stereocenters. The molecule has 1 N–H and O–H groups in total. The fraction of sp³-hybridized carbons (Fsp3) is 1.00. The van der Waals surface area contributed by atoms with Crippen LogP contribution >= 0.6 is 7.82 Å². The minimum absolute atomic E-state index is 0.147. The Balaban J connectivity index is 3.58. The Morgan fingerprint density at radius 2 is 2.20 bits per heavy atom. The van der Waals surface area contributed by atoms with E-state index < -0.39 is 14.1 Å². The van der Waals surface area contributed by atoms with Crippen molar-refractivity contribution in [3.8, 4) is 0 Å². The summed E-state index contributed by atoms with van der Waals surface area (Å²) in [5.74, 6) is 0. The van der Waals surface area contributed by atoms with Gasteiger partial charge in [-0.05, 0) is 6.42 Å². The van der Waals surface area contributed by atoms with Gasteiger partial charge in [-0.3, -0.25) is 0 Å². The maximum absolute atomic E-state index is 9.81. The Morgan fingerprint density at radius 1 is 1.70 bits per heavy atom. The molecule has 0 aliphatic rings. The van der Waals surface area contributed by atoms with Gasteiger partial charge < -0.3 is 24.0 Å². The number of aliphatic hydroxyl groups excluding tert-OH is 1. The number of phosphoric ester groups is 1. The fourth-order valence-corrected chi connectivity index (χ4v) is 0.852. The molecule has 0 heterocycles. The highest BCUT2D eigenvalue weighted by Crippen LogP contribution is 2.27. The molecule has 0 bridgehead atoms. The molecule has 10 heavy (non-hydrogen) atoms. The van der Waals surface area contributed by atoms with Crippen molar-refractivity contribution in [1.82, 2.24) is 0 Å². The Kier molecular flexibility index (Phi) is 4.08. The van der Waals surface area contributed by atoms with E-state index in [0.717, 1.165) is 0 Å². The largest absolute Gasteiger partial charge is 0.790 e. The van der Waals surface area contributed by atoms with Crippen LogP contribution in [0.15, 0.2) is 0 Å². The topological polar surface area (TPSA) is 92.7 Å². The third kappa shape index (κ3) is 6.19. The van der Waals surface area contributed by atoms with Gasteiger partial charge in [-0.1, -0.05) is 13.3 Å². The van der Waals surface area contributed by atoms with Crippen molar-refractivity contribution in [2.75, 3.05) is 0 Å². The molecule has 0 aromatic rings. The van der Waals surface area contributed by atoms with E-state index >= 15 is 0 Å². The predicted molar refractivity (Wildman–Crippen MR) is 29.6 cm³/mol. The van der Waals surface area contributed by atoms with Crippen LogP contribution in [0.2, 0.25) is 0 Å². The van der Waals surface area contributed by atoms with Crippen LogP contribution in [0.25, 0.3) is 0 Å². The lowest BCUT2D eigenvalue weighted by Gasteiger charge is -2.30. The summed E-state index contributed by atoms with van der Waals surface area (Å²) in [6, 6.07) is 0. The van der Waals surface area contributed by atoms with Crippen molar-refractivity contribution in [2.45, 2.75) is 26.1 Å². The summed E-state index contributed by atoms with van der Waals surface area (Å²) < 4.78 is 13.5. The summed E-state index contributed by atoms with van der Waals surface area (Å²) in [5, 5.41) is 8.59. The number of rotatable bonds is 4. The summed E-state index contributed by atoms with van der Waals surface area (Å²) >= 11 is 0. The molecule has 0 aromatic heterocycles. The molecule has 0 rings (SSSR count). The van der Waals surface area contributed by atoms with Crippen molar-refractivity contribution in [3.63, 3.8) is 0 Å². The zero-order valence-electron chi connectivity index (χ0n) is 5.52. The first-order chi connectivity index (χ1) is 4.45. The molecule has 0 fully saturated rings. The van der Waals surface area contributed by atoms with Crippen LogP contribution in [-0.2, 0) is 9.09 Å². The van der Waals surface area contributed by atoms with Crippen LogP contribution in [0.3, 0.4) is 0 Å². The van der Waals surface area contributed by atoms with Crippen molar-refractivity contribution >= 4 is 7.82 Å². The molecule has 0 amide bonds. The second-order valence-corrected chi connectivity index (χ2v) is 2.90. The van der Waals surface area contributed by atoms with Gasteiger partial charge in [0.15, 0.2) is 6.29 Å². The molecule has 62 valence electrons. The van der Waals surface area contributed by atoms with E-state index in [1.807, 2.05) is 0 Å². The quantitative estimate of drug-likeness (QED) is 0.427. The third-order valence-electron chi connectivity index (χ3n) is 0.786. The minimum Gasteiger partial charge on any atom is -0.790 e. The number of aliphatic hydroxyl groups is 1. The van der Waals surface area contributed by atoms with E-state index in [1.54, 1.807) is 6.92 Å². The predicted octanol–water partition coefficient (Wildman–Crippen LogP) is -1.05. The zero-order valence-corrected chi connectivity index (χ0v) is 6.41. The van der Waals surface area contributed by atoms with Crippen molar-refractivity contribution in [2.24, 2.45) is 0 Å². The smallest absolute Gasteiger partial charge is 0.159 e. The highest BCUT2D eigenvalue weighted by molar-refractivity contribution is 7.43. The molecule has 0 aromatic carbocycles. The van der Waals surface area contributed by atoms with Crippen LogP contribution in [0.1, 0.15) is 19.8 Å². The van der Waals surface area contributed by atoms with Crippen LogP contribution in [-0.4, -0.2) is 11.4 Å². The van der Waals surface area contributed by atoms with Gasteiger partial charge in [0.1, 0.15) is 0 Å². The Bertz CT molecular complexity index is 130. The van der Waals surface area contributed by atoms with Gasteiger partial charge in [-0.15, -0.1) is 0 Å². The van der Waals surface area contributed by atoms with Crippen molar-refractivity contribution in [1.29, 1.82) is 0 Å². The fourth-order valence-electron chi connectivity index (χ4n) is 0.449. The van der Waals surface area contributed by atoms with E-state index in [2.05, 4.69) is 4.52 Å². The van der Waals surface area contributed by atoms with Crippen LogP contribution in [0.5, 0.6) is 0 Å². The van der Waals surface area contributed by atoms with E-state index in [0.29, 0.717) is 6.42 Å². The first kappa shape index (κ1) is 10.1. The number of hydrogen-bond donors (Lipinski definition) is 1. The molecule has 0 aliphatic carbocycles. The maximum atomic E-state index is 9.81. The summed E-state index contributed by atoms with van der Waals surface area (Å²) in [4.78, 5) is 19.6. The van der Waals surface area contributed by atoms with E-state index in [4.69, 9.17) is 5.11 Å². The molecule has 0 spiro atoms. The highest BCUT2D eigenvalue weighted by Gasteiger charge is 2.03. The van der Waals surface area contributed by atoms with Gasteiger partial charge in [0.05, 0.1) is 7.82 Å². The molecule has 6 heteroatoms. The van der Waals surface area contributed by atoms with E-state index in [9.17, 15) is 14.4 Å². The molecule has 0 radical (unpaired) electrons. The van der Waals surface area contributed by atoms with Gasteiger partial charge in [-0.2, -0.15) is 0 Å². The summed E-state index contributed by atoms with van der Waals surface area (Å²) in [6.45, 7) is 1.73. The Hall–Kier alpha value is 0.0700. The monoisotopic (exact) mass is 168 g/mol. The zero-order chi connectivity index (χ0) is 8.20. The second-order valence-electron chi connectivity index (χ2n) is 1.80. The molecule has 5 nitrogen and oxygen atoms in total. The lowest BCUT2D eigenvalue weighted by Crippen LogP contribution is -2.22. The van der Waals surface area contributed by atoms with Crippen molar-refractivity contribution in [3.05, 3.63) is 0 Å². The molecule has 0 aliphatic heterocycles. The molecule has 0 saturated heterocycles. The van der Waals surface area contributed by atoms with Gasteiger partial charge in [0, 0.05) is 0 Å². The molecule has 1 atom stereocenters. The van der Waals surface area contributed by atoms with Gasteiger partial charge >= 0.3 is 0 Å². The highest BCUT2D eigenvalue weighted by atomic mass is 31.2. The average molecular weight is 168 g/mol. The third-order valence-corrected chi connectivity index (χ3v) is 1.29. The maximum Gasteiger partial charge on any atom is 0.159 e. The first-order valence-electron chi connectivity index (χ1n) is 2.84. The van der Waals surface area contributed by atoms with Crippen molar-refractivity contribution < 1.29 is 24.0 Å². The first-order valence-corrected chi connectivity index (χ1v) is 4.30. The summed E-state index contributed by atoms with van der Waals surface area (Å²) in [5.41, 5.74) is 0.